The first-order valence-electron chi connectivity index (χ1n) is 15.0. The molecule has 0 aliphatic rings. The molecule has 0 atom stereocenters. The molecule has 212 valence electrons. The first-order chi connectivity index (χ1) is 21.0. The molecule has 0 fully saturated rings. The third kappa shape index (κ3) is 5.04. The fourth-order valence-corrected chi connectivity index (χ4v) is 17.8. The summed E-state index contributed by atoms with van der Waals surface area (Å²) in [5.74, 6) is 0. The van der Waals surface area contributed by atoms with Gasteiger partial charge in [0.15, 0.2) is 0 Å². The molecule has 0 unspecified atom stereocenters. The maximum Gasteiger partial charge on any atom is 0.279 e. The van der Waals surface area contributed by atoms with Gasteiger partial charge in [0, 0.05) is 0 Å². The van der Waals surface area contributed by atoms with Crippen LogP contribution in [0, 0.1) is 27.7 Å². The Kier molecular flexibility index (Phi) is 8.13. The lowest BCUT2D eigenvalue weighted by molar-refractivity contribution is 0.599. The van der Waals surface area contributed by atoms with Crippen molar-refractivity contribution >= 4 is 47.8 Å². The van der Waals surface area contributed by atoms with Crippen molar-refractivity contribution in [1.29, 1.82) is 0 Å². The average Bonchev–Trinajstić information content (AvgIpc) is 3.07. The van der Waals surface area contributed by atoms with Gasteiger partial charge in [-0.05, 0) is 81.1 Å². The van der Waals surface area contributed by atoms with E-state index in [-0.39, 0.29) is 0 Å². The summed E-state index contributed by atoms with van der Waals surface area (Å²) in [6.45, 7) is 8.98. The Morgan fingerprint density at radius 1 is 0.326 bits per heavy atom. The van der Waals surface area contributed by atoms with E-state index in [0.29, 0.717) is 0 Å². The summed E-state index contributed by atoms with van der Waals surface area (Å²) in [7, 11) is -6.32. The van der Waals surface area contributed by atoms with E-state index in [1.807, 2.05) is 0 Å². The zero-order valence-electron chi connectivity index (χ0n) is 25.4. The highest BCUT2D eigenvalue weighted by molar-refractivity contribution is 7.18. The van der Waals surface area contributed by atoms with E-state index in [2.05, 4.69) is 185 Å². The second kappa shape index (κ2) is 12.1. The molecule has 0 radical (unpaired) electrons. The molecule has 0 bridgehead atoms. The van der Waals surface area contributed by atoms with E-state index >= 15 is 0 Å². The molecule has 0 N–H and O–H groups in total. The van der Waals surface area contributed by atoms with Crippen molar-refractivity contribution in [3.05, 3.63) is 180 Å². The molecular formula is C40H38OSi2. The zero-order chi connectivity index (χ0) is 29.9. The van der Waals surface area contributed by atoms with Gasteiger partial charge in [0.05, 0.1) is 0 Å². The van der Waals surface area contributed by atoms with Gasteiger partial charge in [0.2, 0.25) is 0 Å². The predicted octanol–water partition coefficient (Wildman–Crippen LogP) is 5.57. The van der Waals surface area contributed by atoms with Crippen LogP contribution in [0.15, 0.2) is 158 Å². The number of rotatable bonds is 8. The topological polar surface area (TPSA) is 9.23 Å². The van der Waals surface area contributed by atoms with Crippen molar-refractivity contribution in [2.24, 2.45) is 0 Å². The standard InChI is InChI=1S/C40H38OSi2/c1-31-19-17-29-39(33(31)3)42(35-21-9-5-10-22-35,36-23-11-6-12-24-36)41-43(37-25-13-7-14-26-37,38-27-15-8-16-28-38)40-30-18-20-32(2)34(40)4/h5-30H,1-4H3. The minimum atomic E-state index is -3.16. The Morgan fingerprint density at radius 3 is 0.884 bits per heavy atom. The van der Waals surface area contributed by atoms with Gasteiger partial charge in [-0.15, -0.1) is 0 Å². The summed E-state index contributed by atoms with van der Waals surface area (Å²) in [5.41, 5.74) is 5.16. The predicted molar refractivity (Wildman–Crippen MR) is 188 cm³/mol. The lowest BCUT2D eigenvalue weighted by Crippen LogP contribution is -2.81. The van der Waals surface area contributed by atoms with Crippen LogP contribution in [0.2, 0.25) is 0 Å². The van der Waals surface area contributed by atoms with E-state index in [9.17, 15) is 0 Å². The Labute approximate surface area is 258 Å². The largest absolute Gasteiger partial charge is 0.435 e. The second-order valence-corrected chi connectivity index (χ2v) is 18.4. The van der Waals surface area contributed by atoms with Crippen LogP contribution in [0.4, 0.5) is 0 Å². The molecule has 3 heteroatoms. The summed E-state index contributed by atoms with van der Waals surface area (Å²) < 4.78 is 8.49. The van der Waals surface area contributed by atoms with Crippen LogP contribution in [0.5, 0.6) is 0 Å². The van der Waals surface area contributed by atoms with E-state index in [4.69, 9.17) is 4.12 Å². The molecule has 1 nitrogen and oxygen atoms in total. The van der Waals surface area contributed by atoms with Crippen LogP contribution in [0.1, 0.15) is 22.3 Å². The Bertz CT molecular complexity index is 1600. The van der Waals surface area contributed by atoms with Gasteiger partial charge in [0.25, 0.3) is 16.6 Å². The highest BCUT2D eigenvalue weighted by Gasteiger charge is 2.53. The molecule has 43 heavy (non-hydrogen) atoms. The highest BCUT2D eigenvalue weighted by Crippen LogP contribution is 2.22. The fourth-order valence-electron chi connectivity index (χ4n) is 6.49. The average molecular weight is 591 g/mol. The van der Waals surface area contributed by atoms with E-state index in [1.54, 1.807) is 0 Å². The molecule has 0 amide bonds. The van der Waals surface area contributed by atoms with Gasteiger partial charge in [-0.2, -0.15) is 0 Å². The van der Waals surface area contributed by atoms with Crippen molar-refractivity contribution in [2.45, 2.75) is 27.7 Å². The van der Waals surface area contributed by atoms with Gasteiger partial charge >= 0.3 is 0 Å². The van der Waals surface area contributed by atoms with Crippen LogP contribution < -0.4 is 31.1 Å². The molecule has 0 saturated carbocycles. The summed E-state index contributed by atoms with van der Waals surface area (Å²) in [5, 5.41) is 7.62. The molecule has 6 aromatic rings. The van der Waals surface area contributed by atoms with Crippen LogP contribution >= 0.6 is 0 Å². The quantitative estimate of drug-likeness (QED) is 0.166. The molecule has 0 aromatic heterocycles. The van der Waals surface area contributed by atoms with Crippen LogP contribution in [-0.4, -0.2) is 16.6 Å². The molecule has 0 heterocycles. The molecular weight excluding hydrogens is 553 g/mol. The van der Waals surface area contributed by atoms with E-state index in [0.717, 1.165) is 0 Å². The van der Waals surface area contributed by atoms with Crippen LogP contribution in [0.3, 0.4) is 0 Å². The van der Waals surface area contributed by atoms with Gasteiger partial charge in [-0.25, -0.2) is 0 Å². The minimum Gasteiger partial charge on any atom is -0.435 e. The lowest BCUT2D eigenvalue weighted by Gasteiger charge is -2.45. The van der Waals surface area contributed by atoms with Crippen LogP contribution in [0.25, 0.3) is 0 Å². The lowest BCUT2D eigenvalue weighted by atomic mass is 10.1. The van der Waals surface area contributed by atoms with Gasteiger partial charge < -0.3 is 4.12 Å². The van der Waals surface area contributed by atoms with Crippen molar-refractivity contribution < 1.29 is 4.12 Å². The smallest absolute Gasteiger partial charge is 0.279 e. The maximum absolute atomic E-state index is 8.49. The van der Waals surface area contributed by atoms with Crippen LogP contribution in [-0.2, 0) is 4.12 Å². The summed E-state index contributed by atoms with van der Waals surface area (Å²) in [6, 6.07) is 57.6. The first-order valence-corrected chi connectivity index (χ1v) is 18.9. The third-order valence-electron chi connectivity index (χ3n) is 9.00. The summed E-state index contributed by atoms with van der Waals surface area (Å²) in [6.07, 6.45) is 0. The van der Waals surface area contributed by atoms with Gasteiger partial charge in [-0.3, -0.25) is 0 Å². The molecule has 0 saturated heterocycles. The molecule has 0 aliphatic carbocycles. The van der Waals surface area contributed by atoms with Crippen molar-refractivity contribution in [2.75, 3.05) is 0 Å². The number of benzene rings is 6. The minimum absolute atomic E-state index is 1.25. The van der Waals surface area contributed by atoms with Crippen molar-refractivity contribution in [3.63, 3.8) is 0 Å². The van der Waals surface area contributed by atoms with Crippen molar-refractivity contribution in [1.82, 2.24) is 0 Å². The Hall–Kier alpha value is -4.29. The number of hydrogen-bond acceptors (Lipinski definition) is 1. The Balaban J connectivity index is 1.83. The van der Waals surface area contributed by atoms with Gasteiger partial charge in [0.1, 0.15) is 0 Å². The molecule has 6 rings (SSSR count). The summed E-state index contributed by atoms with van der Waals surface area (Å²) in [4.78, 5) is 0. The fraction of sp³-hybridized carbons (Fsp3) is 0.100. The monoisotopic (exact) mass is 590 g/mol. The van der Waals surface area contributed by atoms with Crippen molar-refractivity contribution in [3.8, 4) is 0 Å². The number of aryl methyl sites for hydroxylation is 2. The maximum atomic E-state index is 8.49. The van der Waals surface area contributed by atoms with E-state index in [1.165, 1.54) is 53.4 Å². The molecule has 0 aliphatic heterocycles. The normalized spacial score (nSPS) is 11.8. The third-order valence-corrected chi connectivity index (χ3v) is 18.6. The zero-order valence-corrected chi connectivity index (χ0v) is 27.4. The number of hydrogen-bond donors (Lipinski definition) is 0. The van der Waals surface area contributed by atoms with Gasteiger partial charge in [-0.1, -0.05) is 158 Å². The molecule has 6 aromatic carbocycles. The Morgan fingerprint density at radius 2 is 0.605 bits per heavy atom. The van der Waals surface area contributed by atoms with E-state index < -0.39 is 16.6 Å². The molecule has 0 spiro atoms. The SMILES string of the molecule is Cc1cccc([Si](O[Si](c2ccccc2)(c2ccccc2)c2cccc(C)c2C)(c2ccccc2)c2ccccc2)c1C. The second-order valence-electron chi connectivity index (χ2n) is 11.4. The summed E-state index contributed by atoms with van der Waals surface area (Å²) >= 11 is 0. The highest BCUT2D eigenvalue weighted by atomic mass is 28.4. The first kappa shape index (κ1) is 28.8.